The number of hydrogen-bond donors (Lipinski definition) is 4. The Morgan fingerprint density at radius 1 is 1.21 bits per heavy atom. The molecular formula is C24H34F2N6O2. The Morgan fingerprint density at radius 3 is 2.65 bits per heavy atom. The van der Waals surface area contributed by atoms with Crippen molar-refractivity contribution in [2.24, 2.45) is 5.41 Å². The number of hydrogen-bond acceptors (Lipinski definition) is 7. The molecule has 0 fully saturated rings. The van der Waals surface area contributed by atoms with Gasteiger partial charge in [0.1, 0.15) is 18.0 Å². The molecule has 4 N–H and O–H groups in total. The Hall–Kier alpha value is -2.88. The summed E-state index contributed by atoms with van der Waals surface area (Å²) in [5, 5.41) is 19.4. The number of pyridine rings is 1. The van der Waals surface area contributed by atoms with Gasteiger partial charge < -0.3 is 15.7 Å². The van der Waals surface area contributed by atoms with Crippen molar-refractivity contribution in [3.8, 4) is 0 Å². The molecule has 0 aromatic carbocycles. The van der Waals surface area contributed by atoms with Gasteiger partial charge >= 0.3 is 5.97 Å². The van der Waals surface area contributed by atoms with Crippen LogP contribution in [-0.2, 0) is 17.6 Å². The third-order valence-corrected chi connectivity index (χ3v) is 6.70. The van der Waals surface area contributed by atoms with Gasteiger partial charge in [-0.05, 0) is 68.1 Å². The van der Waals surface area contributed by atoms with Gasteiger partial charge in [-0.25, -0.2) is 19.7 Å². The number of nitrogens with zero attached hydrogens (tertiary/aromatic N) is 3. The monoisotopic (exact) mass is 476 g/mol. The molecule has 0 bridgehead atoms. The molecule has 3 heterocycles. The van der Waals surface area contributed by atoms with E-state index >= 15 is 0 Å². The van der Waals surface area contributed by atoms with Crippen LogP contribution in [0.2, 0.25) is 0 Å². The van der Waals surface area contributed by atoms with Crippen LogP contribution < -0.4 is 16.0 Å². The Balaban J connectivity index is 1.77. The lowest BCUT2D eigenvalue weighted by molar-refractivity contribution is -0.144. The first kappa shape index (κ1) is 25.7. The summed E-state index contributed by atoms with van der Waals surface area (Å²) in [5.41, 5.74) is -0.271. The molecule has 0 amide bonds. The summed E-state index contributed by atoms with van der Waals surface area (Å²) in [4.78, 5) is 24.9. The number of aromatic nitrogens is 3. The summed E-state index contributed by atoms with van der Waals surface area (Å²) >= 11 is 0. The Labute approximate surface area is 199 Å². The molecule has 0 spiro atoms. The largest absolute Gasteiger partial charge is 0.478 e. The van der Waals surface area contributed by atoms with Crippen molar-refractivity contribution in [1.29, 1.82) is 0 Å². The lowest BCUT2D eigenvalue weighted by atomic mass is 9.76. The first-order chi connectivity index (χ1) is 16.5. The Morgan fingerprint density at radius 2 is 2.00 bits per heavy atom. The Bertz CT molecular complexity index is 927. The van der Waals surface area contributed by atoms with Gasteiger partial charge in [-0.1, -0.05) is 13.0 Å². The molecule has 2 aromatic heterocycles. The zero-order valence-electron chi connectivity index (χ0n) is 19.6. The van der Waals surface area contributed by atoms with Crippen LogP contribution in [0.1, 0.15) is 50.3 Å². The highest BCUT2D eigenvalue weighted by atomic mass is 19.1. The van der Waals surface area contributed by atoms with Gasteiger partial charge in [0, 0.05) is 25.0 Å². The summed E-state index contributed by atoms with van der Waals surface area (Å²) in [6.45, 7) is 1.50. The molecule has 0 aliphatic carbocycles. The summed E-state index contributed by atoms with van der Waals surface area (Å²) in [5.74, 6) is 0.109. The van der Waals surface area contributed by atoms with Gasteiger partial charge in [-0.15, -0.1) is 0 Å². The van der Waals surface area contributed by atoms with Gasteiger partial charge in [0.05, 0.1) is 13.3 Å². The minimum atomic E-state index is -1.54. The molecule has 8 nitrogen and oxygen atoms in total. The summed E-state index contributed by atoms with van der Waals surface area (Å²) in [7, 11) is 0. The number of carbonyl (C=O) groups is 1. The van der Waals surface area contributed by atoms with Crippen LogP contribution >= 0.6 is 0 Å². The van der Waals surface area contributed by atoms with Crippen molar-refractivity contribution >= 4 is 17.6 Å². The minimum absolute atomic E-state index is 0.125. The topological polar surface area (TPSA) is 112 Å². The fourth-order valence-corrected chi connectivity index (χ4v) is 4.40. The quantitative estimate of drug-likeness (QED) is 0.305. The number of halogens is 2. The van der Waals surface area contributed by atoms with Crippen molar-refractivity contribution in [3.63, 3.8) is 0 Å². The third-order valence-electron chi connectivity index (χ3n) is 6.70. The molecule has 1 unspecified atom stereocenters. The zero-order valence-corrected chi connectivity index (χ0v) is 19.6. The number of aliphatic carboxylic acids is 1. The number of fused-ring (bicyclic) bond motifs is 1. The van der Waals surface area contributed by atoms with Crippen LogP contribution in [0.15, 0.2) is 30.7 Å². The zero-order chi connectivity index (χ0) is 24.4. The maximum absolute atomic E-state index is 13.6. The second kappa shape index (κ2) is 12.0. The van der Waals surface area contributed by atoms with Gasteiger partial charge in [0.15, 0.2) is 5.66 Å². The predicted molar refractivity (Wildman–Crippen MR) is 127 cm³/mol. The van der Waals surface area contributed by atoms with Crippen molar-refractivity contribution in [2.45, 2.75) is 57.5 Å². The van der Waals surface area contributed by atoms with Crippen LogP contribution in [-0.4, -0.2) is 58.1 Å². The molecule has 3 rings (SSSR count). The number of alkyl halides is 2. The molecule has 1 aliphatic heterocycles. The maximum Gasteiger partial charge on any atom is 0.344 e. The average Bonchev–Trinajstić information content (AvgIpc) is 2.86. The van der Waals surface area contributed by atoms with E-state index in [9.17, 15) is 18.7 Å². The van der Waals surface area contributed by atoms with E-state index in [-0.39, 0.29) is 25.8 Å². The van der Waals surface area contributed by atoms with Crippen LogP contribution in [0.3, 0.4) is 0 Å². The number of carboxylic acids is 1. The summed E-state index contributed by atoms with van der Waals surface area (Å²) in [6, 6.07) is 5.60. The average molecular weight is 477 g/mol. The second-order valence-electron chi connectivity index (χ2n) is 8.86. The highest BCUT2D eigenvalue weighted by Crippen LogP contribution is 2.34. The van der Waals surface area contributed by atoms with Gasteiger partial charge in [0.25, 0.3) is 0 Å². The van der Waals surface area contributed by atoms with Crippen molar-refractivity contribution in [1.82, 2.24) is 20.3 Å². The SMILES string of the molecule is CCC(NCC(CCF)(CCF)CCc1ccc2c(n1)NCCC2)(Nc1ccncn1)C(=O)O. The molecule has 1 aliphatic rings. The van der Waals surface area contributed by atoms with Crippen LogP contribution in [0, 0.1) is 5.41 Å². The first-order valence-corrected chi connectivity index (χ1v) is 11.8. The molecule has 10 heteroatoms. The van der Waals surface area contributed by atoms with Crippen molar-refractivity contribution in [2.75, 3.05) is 37.1 Å². The molecule has 0 radical (unpaired) electrons. The lowest BCUT2D eigenvalue weighted by Crippen LogP contribution is -2.60. The normalized spacial score (nSPS) is 15.1. The van der Waals surface area contributed by atoms with E-state index in [1.54, 1.807) is 13.0 Å². The predicted octanol–water partition coefficient (Wildman–Crippen LogP) is 3.76. The standard InChI is InChI=1S/C24H34F2N6O2/c1-2-24(22(33)34,32-20-8-15-27-17-29-20)30-16-23(10-12-25,11-13-26)9-7-19-6-5-18-4-3-14-28-21(18)31-19/h5-6,8,15,17,30H,2-4,7,9-14,16H2,1H3,(H,28,31)(H,33,34)(H,27,29,32). The van der Waals surface area contributed by atoms with Gasteiger partial charge in [-0.2, -0.15) is 0 Å². The number of nitrogens with one attached hydrogen (secondary N) is 3. The summed E-state index contributed by atoms with van der Waals surface area (Å²) in [6.07, 6.45) is 6.35. The van der Waals surface area contributed by atoms with Crippen molar-refractivity contribution < 1.29 is 18.7 Å². The lowest BCUT2D eigenvalue weighted by Gasteiger charge is -2.38. The molecule has 0 saturated carbocycles. The van der Waals surface area contributed by atoms with E-state index < -0.39 is 30.4 Å². The van der Waals surface area contributed by atoms with E-state index in [2.05, 4.69) is 32.0 Å². The van der Waals surface area contributed by atoms with E-state index in [1.165, 1.54) is 18.1 Å². The fourth-order valence-electron chi connectivity index (χ4n) is 4.40. The number of aryl methyl sites for hydroxylation is 2. The Kier molecular flexibility index (Phi) is 9.09. The smallest absolute Gasteiger partial charge is 0.344 e. The van der Waals surface area contributed by atoms with Gasteiger partial charge in [-0.3, -0.25) is 14.1 Å². The fraction of sp³-hybridized carbons (Fsp3) is 0.583. The van der Waals surface area contributed by atoms with E-state index in [1.807, 2.05) is 6.07 Å². The molecule has 186 valence electrons. The minimum Gasteiger partial charge on any atom is -0.478 e. The number of carboxylic acid groups (broad SMARTS) is 1. The molecule has 34 heavy (non-hydrogen) atoms. The maximum atomic E-state index is 13.6. The summed E-state index contributed by atoms with van der Waals surface area (Å²) < 4.78 is 27.3. The number of anilines is 2. The highest BCUT2D eigenvalue weighted by Gasteiger charge is 2.40. The van der Waals surface area contributed by atoms with E-state index in [0.717, 1.165) is 30.9 Å². The molecule has 0 saturated heterocycles. The van der Waals surface area contributed by atoms with Crippen LogP contribution in [0.5, 0.6) is 0 Å². The van der Waals surface area contributed by atoms with E-state index in [0.29, 0.717) is 18.7 Å². The van der Waals surface area contributed by atoms with Gasteiger partial charge in [0.2, 0.25) is 0 Å². The van der Waals surface area contributed by atoms with Crippen molar-refractivity contribution in [3.05, 3.63) is 42.0 Å². The molecule has 2 aromatic rings. The van der Waals surface area contributed by atoms with E-state index in [4.69, 9.17) is 4.98 Å². The third kappa shape index (κ3) is 6.37. The molecule has 1 atom stereocenters. The first-order valence-electron chi connectivity index (χ1n) is 11.8. The van der Waals surface area contributed by atoms with Crippen LogP contribution in [0.4, 0.5) is 20.4 Å². The highest BCUT2D eigenvalue weighted by molar-refractivity contribution is 5.81. The second-order valence-corrected chi connectivity index (χ2v) is 8.86. The van der Waals surface area contributed by atoms with Crippen LogP contribution in [0.25, 0.3) is 0 Å². The molecular weight excluding hydrogens is 442 g/mol. The number of rotatable bonds is 14.